The molecule has 1 aliphatic rings. The lowest BCUT2D eigenvalue weighted by molar-refractivity contribution is -0.121. The lowest BCUT2D eigenvalue weighted by Crippen LogP contribution is -2.37. The number of halogens is 2. The number of rotatable bonds is 4. The smallest absolute Gasteiger partial charge is 0.229 e. The summed E-state index contributed by atoms with van der Waals surface area (Å²) in [4.78, 5) is 24.8. The molecule has 1 aromatic rings. The molecule has 0 unspecified atom stereocenters. The van der Waals surface area contributed by atoms with Crippen molar-refractivity contribution in [3.8, 4) is 0 Å². The summed E-state index contributed by atoms with van der Waals surface area (Å²) in [6, 6.07) is 5.50. The summed E-state index contributed by atoms with van der Waals surface area (Å²) in [5, 5.41) is 2.76. The molecule has 19 heavy (non-hydrogen) atoms. The van der Waals surface area contributed by atoms with Gasteiger partial charge >= 0.3 is 0 Å². The summed E-state index contributed by atoms with van der Waals surface area (Å²) in [6.45, 7) is 0.401. The number of anilines is 1. The molecule has 0 aliphatic carbocycles. The maximum Gasteiger partial charge on any atom is 0.229 e. The van der Waals surface area contributed by atoms with E-state index >= 15 is 0 Å². The van der Waals surface area contributed by atoms with Crippen molar-refractivity contribution in [1.29, 1.82) is 0 Å². The zero-order chi connectivity index (χ0) is 13.8. The third-order valence-electron chi connectivity index (χ3n) is 2.95. The molecule has 0 bridgehead atoms. The van der Waals surface area contributed by atoms with E-state index in [1.165, 1.54) is 12.1 Å². The van der Waals surface area contributed by atoms with Gasteiger partial charge in [-0.15, -0.1) is 11.6 Å². The van der Waals surface area contributed by atoms with Crippen molar-refractivity contribution in [3.63, 3.8) is 0 Å². The Bertz CT molecular complexity index is 478. The van der Waals surface area contributed by atoms with Gasteiger partial charge in [-0.3, -0.25) is 9.59 Å². The number of hydrogen-bond acceptors (Lipinski definition) is 2. The predicted molar refractivity (Wildman–Crippen MR) is 70.6 cm³/mol. The Morgan fingerprint density at radius 2 is 2.11 bits per heavy atom. The van der Waals surface area contributed by atoms with E-state index in [9.17, 15) is 14.0 Å². The molecule has 1 N–H and O–H groups in total. The van der Waals surface area contributed by atoms with Crippen molar-refractivity contribution in [3.05, 3.63) is 30.1 Å². The van der Waals surface area contributed by atoms with E-state index in [1.807, 2.05) is 0 Å². The van der Waals surface area contributed by atoms with Crippen LogP contribution in [0.25, 0.3) is 0 Å². The molecule has 1 heterocycles. The Morgan fingerprint density at radius 1 is 1.42 bits per heavy atom. The van der Waals surface area contributed by atoms with Gasteiger partial charge in [0.15, 0.2) is 0 Å². The molecule has 4 nitrogen and oxygen atoms in total. The molecule has 2 amide bonds. The number of nitrogens with one attached hydrogen (secondary N) is 1. The van der Waals surface area contributed by atoms with Crippen LogP contribution >= 0.6 is 11.6 Å². The van der Waals surface area contributed by atoms with E-state index in [1.54, 1.807) is 17.0 Å². The number of hydrogen-bond donors (Lipinski definition) is 1. The van der Waals surface area contributed by atoms with Gasteiger partial charge < -0.3 is 10.2 Å². The molecule has 6 heteroatoms. The van der Waals surface area contributed by atoms with Crippen LogP contribution in [0.4, 0.5) is 10.1 Å². The number of benzene rings is 1. The molecule has 1 aliphatic heterocycles. The Labute approximate surface area is 115 Å². The lowest BCUT2D eigenvalue weighted by Gasteiger charge is -2.17. The highest BCUT2D eigenvalue weighted by Gasteiger charge is 2.31. The van der Waals surface area contributed by atoms with Crippen LogP contribution in [0.15, 0.2) is 24.3 Å². The Hall–Kier alpha value is -1.62. The van der Waals surface area contributed by atoms with Gasteiger partial charge in [-0.05, 0) is 24.3 Å². The minimum absolute atomic E-state index is 0.0808. The van der Waals surface area contributed by atoms with Crippen LogP contribution in [0, 0.1) is 5.82 Å². The molecular weight excluding hydrogens is 271 g/mol. The maximum atomic E-state index is 12.8. The highest BCUT2D eigenvalue weighted by atomic mass is 35.5. The lowest BCUT2D eigenvalue weighted by atomic mass is 10.2. The van der Waals surface area contributed by atoms with E-state index in [0.717, 1.165) is 0 Å². The fourth-order valence-electron chi connectivity index (χ4n) is 2.06. The number of alkyl halides is 1. The summed E-state index contributed by atoms with van der Waals surface area (Å²) in [5.41, 5.74) is 0.639. The molecule has 0 spiro atoms. The first kappa shape index (κ1) is 13.8. The van der Waals surface area contributed by atoms with Crippen molar-refractivity contribution in [2.45, 2.75) is 18.9 Å². The number of nitrogens with zero attached hydrogens (tertiary/aromatic N) is 1. The molecule has 0 aromatic heterocycles. The van der Waals surface area contributed by atoms with Crippen molar-refractivity contribution in [2.75, 3.05) is 17.3 Å². The molecular formula is C13H14ClFN2O2. The van der Waals surface area contributed by atoms with E-state index in [2.05, 4.69) is 5.32 Å². The average molecular weight is 285 g/mol. The summed E-state index contributed by atoms with van der Waals surface area (Å²) in [5.74, 6) is -0.326. The number of carbonyl (C=O) groups is 2. The van der Waals surface area contributed by atoms with Crippen molar-refractivity contribution < 1.29 is 14.0 Å². The molecule has 102 valence electrons. The third-order valence-corrected chi connectivity index (χ3v) is 3.14. The molecule has 0 saturated carbocycles. The first-order chi connectivity index (χ1) is 9.10. The van der Waals surface area contributed by atoms with Crippen LogP contribution in [0.2, 0.25) is 0 Å². The molecule has 1 atom stereocenters. The van der Waals surface area contributed by atoms with Gasteiger partial charge in [0.25, 0.3) is 0 Å². The summed E-state index contributed by atoms with van der Waals surface area (Å²) in [7, 11) is 0. The van der Waals surface area contributed by atoms with Crippen LogP contribution in [-0.4, -0.2) is 30.3 Å². The van der Waals surface area contributed by atoms with Crippen LogP contribution in [0.5, 0.6) is 0 Å². The van der Waals surface area contributed by atoms with Crippen molar-refractivity contribution in [2.24, 2.45) is 0 Å². The van der Waals surface area contributed by atoms with Gasteiger partial charge in [0, 0.05) is 31.0 Å². The van der Waals surface area contributed by atoms with Gasteiger partial charge in [-0.1, -0.05) is 0 Å². The Morgan fingerprint density at radius 3 is 2.74 bits per heavy atom. The molecule has 2 rings (SSSR count). The second kappa shape index (κ2) is 6.02. The predicted octanol–water partition coefficient (Wildman–Crippen LogP) is 1.68. The molecule has 0 radical (unpaired) electrons. The fraction of sp³-hybridized carbons (Fsp3) is 0.385. The quantitative estimate of drug-likeness (QED) is 0.855. The van der Waals surface area contributed by atoms with Gasteiger partial charge in [-0.2, -0.15) is 0 Å². The highest BCUT2D eigenvalue weighted by molar-refractivity contribution is 6.18. The third kappa shape index (κ3) is 3.44. The summed E-state index contributed by atoms with van der Waals surface area (Å²) < 4.78 is 12.8. The van der Waals surface area contributed by atoms with Gasteiger partial charge in [0.05, 0.1) is 6.04 Å². The standard InChI is InChI=1S/C13H14ClFN2O2/c14-6-5-12(18)16-10-7-13(19)17(8-10)11-3-1-9(15)2-4-11/h1-4,10H,5-8H2,(H,16,18)/t10-/m0/s1. The van der Waals surface area contributed by atoms with Crippen LogP contribution in [0.3, 0.4) is 0 Å². The van der Waals surface area contributed by atoms with E-state index in [4.69, 9.17) is 11.6 Å². The molecule has 1 saturated heterocycles. The van der Waals surface area contributed by atoms with Crippen LogP contribution in [0.1, 0.15) is 12.8 Å². The minimum atomic E-state index is -0.345. The highest BCUT2D eigenvalue weighted by Crippen LogP contribution is 2.21. The normalized spacial score (nSPS) is 18.7. The van der Waals surface area contributed by atoms with E-state index in [-0.39, 0.29) is 42.4 Å². The monoisotopic (exact) mass is 284 g/mol. The number of amides is 2. The largest absolute Gasteiger partial charge is 0.351 e. The van der Waals surface area contributed by atoms with Gasteiger partial charge in [-0.25, -0.2) is 4.39 Å². The maximum absolute atomic E-state index is 12.8. The minimum Gasteiger partial charge on any atom is -0.351 e. The Kier molecular flexibility index (Phi) is 4.37. The van der Waals surface area contributed by atoms with E-state index < -0.39 is 0 Å². The number of carbonyl (C=O) groups excluding carboxylic acids is 2. The van der Waals surface area contributed by atoms with Crippen LogP contribution < -0.4 is 10.2 Å². The van der Waals surface area contributed by atoms with Crippen LogP contribution in [-0.2, 0) is 9.59 Å². The van der Waals surface area contributed by atoms with E-state index in [0.29, 0.717) is 12.2 Å². The Balaban J connectivity index is 1.99. The topological polar surface area (TPSA) is 49.4 Å². The SMILES string of the molecule is O=C(CCCl)N[C@H]1CC(=O)N(c2ccc(F)cc2)C1. The summed E-state index contributed by atoms with van der Waals surface area (Å²) >= 11 is 5.48. The first-order valence-corrected chi connectivity index (χ1v) is 6.55. The molecule has 1 aromatic carbocycles. The van der Waals surface area contributed by atoms with Gasteiger partial charge in [0.2, 0.25) is 11.8 Å². The second-order valence-corrected chi connectivity index (χ2v) is 4.77. The summed E-state index contributed by atoms with van der Waals surface area (Å²) in [6.07, 6.45) is 0.494. The molecule has 1 fully saturated rings. The zero-order valence-corrected chi connectivity index (χ0v) is 11.0. The van der Waals surface area contributed by atoms with Gasteiger partial charge in [0.1, 0.15) is 5.82 Å². The van der Waals surface area contributed by atoms with Crippen molar-refractivity contribution >= 4 is 29.1 Å². The van der Waals surface area contributed by atoms with Crippen molar-refractivity contribution in [1.82, 2.24) is 5.32 Å². The second-order valence-electron chi connectivity index (χ2n) is 4.39. The zero-order valence-electron chi connectivity index (χ0n) is 10.2. The average Bonchev–Trinajstić information content (AvgIpc) is 2.71. The fourth-order valence-corrected chi connectivity index (χ4v) is 2.23. The first-order valence-electron chi connectivity index (χ1n) is 6.01.